The Kier molecular flexibility index (Phi) is 12.5. The molecule has 0 spiro atoms. The Morgan fingerprint density at radius 2 is 1.40 bits per heavy atom. The topological polar surface area (TPSA) is 158 Å². The summed E-state index contributed by atoms with van der Waals surface area (Å²) in [7, 11) is 1.64. The summed E-state index contributed by atoms with van der Waals surface area (Å²) in [5.74, 6) is 1.70. The molecule has 0 aliphatic carbocycles. The number of ether oxygens (including phenoxy) is 3. The number of aromatic nitrogens is 3. The zero-order valence-electron chi connectivity index (χ0n) is 24.2. The van der Waals surface area contributed by atoms with Crippen LogP contribution in [-0.2, 0) is 22.6 Å². The van der Waals surface area contributed by atoms with Gasteiger partial charge in [-0.15, -0.1) is 0 Å². The minimum Gasteiger partial charge on any atom is -0.497 e. The van der Waals surface area contributed by atoms with Crippen molar-refractivity contribution in [3.05, 3.63) is 95.6 Å². The van der Waals surface area contributed by atoms with Gasteiger partial charge in [-0.3, -0.25) is 4.79 Å². The van der Waals surface area contributed by atoms with Crippen LogP contribution in [0.3, 0.4) is 0 Å². The highest BCUT2D eigenvalue weighted by Gasteiger charge is 2.10. The van der Waals surface area contributed by atoms with E-state index >= 15 is 0 Å². The fraction of sp³-hybridized carbons (Fsp3) is 0.290. The van der Waals surface area contributed by atoms with Crippen molar-refractivity contribution in [2.45, 2.75) is 13.1 Å². The summed E-state index contributed by atoms with van der Waals surface area (Å²) >= 11 is 0. The Morgan fingerprint density at radius 1 is 0.744 bits per heavy atom. The van der Waals surface area contributed by atoms with Crippen molar-refractivity contribution in [1.82, 2.24) is 20.3 Å². The number of anilines is 4. The first-order valence-electron chi connectivity index (χ1n) is 14.0. The van der Waals surface area contributed by atoms with E-state index in [1.807, 2.05) is 60.7 Å². The fourth-order valence-electron chi connectivity index (χ4n) is 3.90. The molecule has 12 nitrogen and oxygen atoms in total. The molecule has 0 unspecified atom stereocenters. The van der Waals surface area contributed by atoms with Gasteiger partial charge in [-0.1, -0.05) is 48.5 Å². The van der Waals surface area contributed by atoms with Crippen molar-refractivity contribution in [1.29, 1.82) is 0 Å². The van der Waals surface area contributed by atoms with Crippen molar-refractivity contribution in [3.63, 3.8) is 0 Å². The van der Waals surface area contributed by atoms with Gasteiger partial charge in [0.05, 0.1) is 33.5 Å². The lowest BCUT2D eigenvalue weighted by Gasteiger charge is -2.12. The summed E-state index contributed by atoms with van der Waals surface area (Å²) in [5, 5.41) is 12.6. The lowest BCUT2D eigenvalue weighted by atomic mass is 10.2. The molecule has 226 valence electrons. The molecular formula is C31H38N8O4. The van der Waals surface area contributed by atoms with Crippen molar-refractivity contribution >= 4 is 29.4 Å². The molecule has 4 aromatic rings. The number of rotatable bonds is 18. The molecule has 6 N–H and O–H groups in total. The van der Waals surface area contributed by atoms with Crippen LogP contribution >= 0.6 is 0 Å². The first-order chi connectivity index (χ1) is 21.1. The van der Waals surface area contributed by atoms with Crippen LogP contribution in [0.5, 0.6) is 5.75 Å². The third-order valence-electron chi connectivity index (χ3n) is 6.09. The molecule has 1 heterocycles. The maximum absolute atomic E-state index is 12.7. The minimum absolute atomic E-state index is 0.214. The summed E-state index contributed by atoms with van der Waals surface area (Å²) in [6.45, 7) is 3.70. The number of nitrogens with zero attached hydrogens (tertiary/aromatic N) is 3. The second kappa shape index (κ2) is 17.2. The van der Waals surface area contributed by atoms with Crippen LogP contribution in [0.25, 0.3) is 0 Å². The van der Waals surface area contributed by atoms with Gasteiger partial charge in [0.25, 0.3) is 5.91 Å². The van der Waals surface area contributed by atoms with Crippen molar-refractivity contribution < 1.29 is 19.0 Å². The van der Waals surface area contributed by atoms with Crippen LogP contribution in [0.15, 0.2) is 78.9 Å². The highest BCUT2D eigenvalue weighted by molar-refractivity contribution is 5.95. The normalized spacial score (nSPS) is 10.7. The first kappa shape index (κ1) is 31.2. The van der Waals surface area contributed by atoms with E-state index in [9.17, 15) is 4.79 Å². The van der Waals surface area contributed by atoms with E-state index in [1.54, 1.807) is 25.3 Å². The Labute approximate surface area is 251 Å². The molecule has 1 aromatic heterocycles. The number of carbonyl (C=O) groups is 1. The second-order valence-corrected chi connectivity index (χ2v) is 9.32. The molecule has 0 aliphatic rings. The molecular weight excluding hydrogens is 548 g/mol. The van der Waals surface area contributed by atoms with Gasteiger partial charge in [0, 0.05) is 37.4 Å². The minimum atomic E-state index is -0.214. The van der Waals surface area contributed by atoms with Gasteiger partial charge in [-0.25, -0.2) is 0 Å². The highest BCUT2D eigenvalue weighted by Crippen LogP contribution is 2.19. The Hall–Kier alpha value is -4.78. The quantitative estimate of drug-likeness (QED) is 0.109. The summed E-state index contributed by atoms with van der Waals surface area (Å²) < 4.78 is 16.0. The van der Waals surface area contributed by atoms with Gasteiger partial charge in [0.1, 0.15) is 5.75 Å². The summed E-state index contributed by atoms with van der Waals surface area (Å²) in [6.07, 6.45) is 0. The predicted octanol–water partition coefficient (Wildman–Crippen LogP) is 3.57. The molecule has 0 fully saturated rings. The van der Waals surface area contributed by atoms with Crippen molar-refractivity contribution in [2.75, 3.05) is 62.6 Å². The second-order valence-electron chi connectivity index (χ2n) is 9.32. The van der Waals surface area contributed by atoms with Gasteiger partial charge < -0.3 is 41.2 Å². The van der Waals surface area contributed by atoms with Gasteiger partial charge in [-0.2, -0.15) is 15.0 Å². The molecule has 4 rings (SSSR count). The van der Waals surface area contributed by atoms with Gasteiger partial charge in [-0.05, 0) is 41.5 Å². The number of hydrogen-bond acceptors (Lipinski definition) is 11. The molecule has 0 atom stereocenters. The van der Waals surface area contributed by atoms with Gasteiger partial charge >= 0.3 is 0 Å². The summed E-state index contributed by atoms with van der Waals surface area (Å²) in [4.78, 5) is 26.4. The lowest BCUT2D eigenvalue weighted by molar-refractivity contribution is 0.0511. The third-order valence-corrected chi connectivity index (χ3v) is 6.09. The molecule has 0 saturated heterocycles. The van der Waals surface area contributed by atoms with Crippen LogP contribution < -0.4 is 31.7 Å². The number of hydrogen-bond donors (Lipinski definition) is 5. The lowest BCUT2D eigenvalue weighted by Crippen LogP contribution is -2.27. The van der Waals surface area contributed by atoms with Crippen LogP contribution in [0.2, 0.25) is 0 Å². The van der Waals surface area contributed by atoms with Crippen LogP contribution in [0, 0.1) is 0 Å². The molecule has 1 amide bonds. The molecule has 43 heavy (non-hydrogen) atoms. The average molecular weight is 587 g/mol. The zero-order valence-corrected chi connectivity index (χ0v) is 24.2. The van der Waals surface area contributed by atoms with E-state index in [4.69, 9.17) is 19.9 Å². The molecule has 0 radical (unpaired) electrons. The maximum Gasteiger partial charge on any atom is 0.251 e. The van der Waals surface area contributed by atoms with E-state index in [2.05, 4.69) is 36.2 Å². The molecule has 3 aromatic carbocycles. The fourth-order valence-corrected chi connectivity index (χ4v) is 3.90. The standard InChI is InChI=1S/C31H38N8O4/c1-41-27-12-10-24(11-13-27)22-35-30-37-29(34-21-23-6-3-2-4-7-23)38-31(39-30)36-26-9-5-8-25(20-26)28(40)33-15-17-43-19-18-42-16-14-32/h2-13,20H,14-19,21-22,32H2,1H3,(H,33,40)(H3,34,35,36,37,38,39). The van der Waals surface area contributed by atoms with E-state index in [-0.39, 0.29) is 5.91 Å². The average Bonchev–Trinajstić information content (AvgIpc) is 3.05. The number of carbonyl (C=O) groups excluding carboxylic acids is 1. The highest BCUT2D eigenvalue weighted by atomic mass is 16.5. The van der Waals surface area contributed by atoms with E-state index in [1.165, 1.54) is 0 Å². The van der Waals surface area contributed by atoms with E-state index in [0.717, 1.165) is 16.9 Å². The van der Waals surface area contributed by atoms with Gasteiger partial charge in [0.2, 0.25) is 17.8 Å². The van der Waals surface area contributed by atoms with E-state index < -0.39 is 0 Å². The summed E-state index contributed by atoms with van der Waals surface area (Å²) in [5.41, 5.74) is 8.66. The maximum atomic E-state index is 12.7. The van der Waals surface area contributed by atoms with Crippen LogP contribution in [-0.4, -0.2) is 67.5 Å². The SMILES string of the molecule is COc1ccc(CNc2nc(NCc3ccccc3)nc(Nc3cccc(C(=O)NCCOCCOCCN)c3)n2)cc1. The largest absolute Gasteiger partial charge is 0.497 e. The monoisotopic (exact) mass is 586 g/mol. The Bertz CT molecular complexity index is 1410. The number of amides is 1. The van der Waals surface area contributed by atoms with Crippen molar-refractivity contribution in [3.8, 4) is 5.75 Å². The Balaban J connectivity index is 1.39. The number of benzene rings is 3. The smallest absolute Gasteiger partial charge is 0.251 e. The number of methoxy groups -OCH3 is 1. The predicted molar refractivity (Wildman–Crippen MR) is 167 cm³/mol. The van der Waals surface area contributed by atoms with E-state index in [0.29, 0.717) is 81.7 Å². The zero-order chi connectivity index (χ0) is 30.1. The molecule has 0 saturated carbocycles. The number of nitrogens with one attached hydrogen (secondary N) is 4. The third kappa shape index (κ3) is 10.9. The molecule has 0 bridgehead atoms. The van der Waals surface area contributed by atoms with Crippen LogP contribution in [0.4, 0.5) is 23.5 Å². The molecule has 0 aliphatic heterocycles. The Morgan fingerprint density at radius 3 is 2.07 bits per heavy atom. The number of nitrogens with two attached hydrogens (primary N) is 1. The first-order valence-corrected chi connectivity index (χ1v) is 14.0. The van der Waals surface area contributed by atoms with Crippen molar-refractivity contribution in [2.24, 2.45) is 5.73 Å². The van der Waals surface area contributed by atoms with Crippen LogP contribution in [0.1, 0.15) is 21.5 Å². The van der Waals surface area contributed by atoms with Gasteiger partial charge in [0.15, 0.2) is 0 Å². The molecule has 12 heteroatoms. The summed E-state index contributed by atoms with van der Waals surface area (Å²) in [6, 6.07) is 24.8.